The zero-order valence-corrected chi connectivity index (χ0v) is 17.3. The average Bonchev–Trinajstić information content (AvgIpc) is 2.72. The molecular formula is C21H26N3O5+. The number of nitrogens with one attached hydrogen (secondary N) is 2. The van der Waals surface area contributed by atoms with Gasteiger partial charge in [-0.1, -0.05) is 0 Å². The zero-order chi connectivity index (χ0) is 21.0. The minimum atomic E-state index is -0.204. The molecule has 0 saturated carbocycles. The Labute approximate surface area is 169 Å². The highest BCUT2D eigenvalue weighted by atomic mass is 16.5. The van der Waals surface area contributed by atoms with E-state index in [1.54, 1.807) is 33.5 Å². The largest absolute Gasteiger partial charge is 0.493 e. The van der Waals surface area contributed by atoms with Crippen LogP contribution in [0.25, 0.3) is 10.9 Å². The molecule has 1 atom stereocenters. The van der Waals surface area contributed by atoms with Crippen LogP contribution in [-0.2, 0) is 13.1 Å². The molecule has 0 fully saturated rings. The van der Waals surface area contributed by atoms with Crippen LogP contribution in [-0.4, -0.2) is 45.5 Å². The molecule has 0 aliphatic rings. The van der Waals surface area contributed by atoms with Gasteiger partial charge in [-0.3, -0.25) is 4.79 Å². The first-order chi connectivity index (χ1) is 14.0. The van der Waals surface area contributed by atoms with Crippen molar-refractivity contribution in [2.75, 3.05) is 35.5 Å². The lowest BCUT2D eigenvalue weighted by Gasteiger charge is -2.15. The van der Waals surface area contributed by atoms with Gasteiger partial charge in [-0.2, -0.15) is 0 Å². The van der Waals surface area contributed by atoms with Gasteiger partial charge in [-0.05, 0) is 24.3 Å². The molecule has 1 unspecified atom stereocenters. The van der Waals surface area contributed by atoms with Crippen molar-refractivity contribution in [3.05, 3.63) is 52.1 Å². The van der Waals surface area contributed by atoms with E-state index in [0.717, 1.165) is 17.0 Å². The highest BCUT2D eigenvalue weighted by Crippen LogP contribution is 2.30. The lowest BCUT2D eigenvalue weighted by molar-refractivity contribution is -0.908. The SMILES string of the molecule is COc1ccc(C[NH+](C)Cc2nc3cc(OC)c(OC)cc3c(=O)[nH]2)cc1OC. The summed E-state index contributed by atoms with van der Waals surface area (Å²) in [7, 11) is 8.35. The molecule has 0 amide bonds. The first-order valence-electron chi connectivity index (χ1n) is 9.16. The Kier molecular flexibility index (Phi) is 6.23. The van der Waals surface area contributed by atoms with E-state index in [1.807, 2.05) is 25.2 Å². The highest BCUT2D eigenvalue weighted by molar-refractivity contribution is 5.81. The fourth-order valence-corrected chi connectivity index (χ4v) is 3.29. The van der Waals surface area contributed by atoms with Gasteiger partial charge in [0.25, 0.3) is 5.56 Å². The number of aromatic amines is 1. The Balaban J connectivity index is 1.83. The van der Waals surface area contributed by atoms with Crippen LogP contribution < -0.4 is 29.4 Å². The van der Waals surface area contributed by atoms with Crippen LogP contribution in [0.3, 0.4) is 0 Å². The van der Waals surface area contributed by atoms with Gasteiger partial charge < -0.3 is 28.8 Å². The van der Waals surface area contributed by atoms with Gasteiger partial charge in [-0.15, -0.1) is 0 Å². The molecule has 1 aromatic heterocycles. The van der Waals surface area contributed by atoms with Crippen molar-refractivity contribution in [2.24, 2.45) is 0 Å². The fourth-order valence-electron chi connectivity index (χ4n) is 3.29. The van der Waals surface area contributed by atoms with Crippen molar-refractivity contribution in [1.29, 1.82) is 0 Å². The number of nitrogens with zero attached hydrogens (tertiary/aromatic N) is 1. The number of hydrogen-bond donors (Lipinski definition) is 2. The van der Waals surface area contributed by atoms with Crippen molar-refractivity contribution in [3.63, 3.8) is 0 Å². The van der Waals surface area contributed by atoms with E-state index in [0.29, 0.717) is 46.3 Å². The molecule has 8 nitrogen and oxygen atoms in total. The van der Waals surface area contributed by atoms with E-state index in [1.165, 1.54) is 7.11 Å². The lowest BCUT2D eigenvalue weighted by Crippen LogP contribution is -3.06. The topological polar surface area (TPSA) is 87.1 Å². The summed E-state index contributed by atoms with van der Waals surface area (Å²) in [6.07, 6.45) is 0. The van der Waals surface area contributed by atoms with E-state index >= 15 is 0 Å². The molecule has 0 aliphatic carbocycles. The quantitative estimate of drug-likeness (QED) is 0.590. The normalized spacial score (nSPS) is 11.9. The smallest absolute Gasteiger partial charge is 0.259 e. The van der Waals surface area contributed by atoms with Crippen molar-refractivity contribution in [2.45, 2.75) is 13.1 Å². The minimum Gasteiger partial charge on any atom is -0.493 e. The number of rotatable bonds is 8. The zero-order valence-electron chi connectivity index (χ0n) is 17.3. The monoisotopic (exact) mass is 400 g/mol. The van der Waals surface area contributed by atoms with E-state index in [9.17, 15) is 4.79 Å². The molecule has 0 saturated heterocycles. The molecule has 0 bridgehead atoms. The van der Waals surface area contributed by atoms with Crippen LogP contribution in [0.5, 0.6) is 23.0 Å². The second-order valence-electron chi connectivity index (χ2n) is 6.74. The van der Waals surface area contributed by atoms with E-state index < -0.39 is 0 Å². The molecule has 0 spiro atoms. The third kappa shape index (κ3) is 4.43. The minimum absolute atomic E-state index is 0.204. The number of quaternary nitrogens is 1. The summed E-state index contributed by atoms with van der Waals surface area (Å²) in [5, 5.41) is 0.462. The first kappa shape index (κ1) is 20.5. The molecule has 154 valence electrons. The van der Waals surface area contributed by atoms with Crippen LogP contribution in [0.15, 0.2) is 35.1 Å². The summed E-state index contributed by atoms with van der Waals surface area (Å²) in [6, 6.07) is 9.20. The summed E-state index contributed by atoms with van der Waals surface area (Å²) in [4.78, 5) is 21.2. The van der Waals surface area contributed by atoms with Gasteiger partial charge in [0, 0.05) is 11.6 Å². The second kappa shape index (κ2) is 8.83. The molecule has 2 aromatic carbocycles. The van der Waals surface area contributed by atoms with Crippen LogP contribution in [0.2, 0.25) is 0 Å². The Hall–Kier alpha value is -3.26. The maximum atomic E-state index is 12.5. The third-order valence-corrected chi connectivity index (χ3v) is 4.68. The number of H-pyrrole nitrogens is 1. The molecule has 29 heavy (non-hydrogen) atoms. The molecule has 1 heterocycles. The second-order valence-corrected chi connectivity index (χ2v) is 6.74. The van der Waals surface area contributed by atoms with Gasteiger partial charge >= 0.3 is 0 Å². The Morgan fingerprint density at radius 2 is 1.48 bits per heavy atom. The van der Waals surface area contributed by atoms with Gasteiger partial charge in [0.15, 0.2) is 28.8 Å². The van der Waals surface area contributed by atoms with Gasteiger partial charge in [0.1, 0.15) is 13.1 Å². The van der Waals surface area contributed by atoms with Crippen LogP contribution in [0.4, 0.5) is 0 Å². The molecule has 0 radical (unpaired) electrons. The van der Waals surface area contributed by atoms with E-state index in [-0.39, 0.29) is 5.56 Å². The third-order valence-electron chi connectivity index (χ3n) is 4.68. The molecular weight excluding hydrogens is 374 g/mol. The van der Waals surface area contributed by atoms with Crippen LogP contribution >= 0.6 is 0 Å². The maximum Gasteiger partial charge on any atom is 0.259 e. The molecule has 8 heteroatoms. The summed E-state index contributed by atoms with van der Waals surface area (Å²) in [5.41, 5.74) is 1.46. The van der Waals surface area contributed by atoms with Crippen molar-refractivity contribution in [3.8, 4) is 23.0 Å². The summed E-state index contributed by atoms with van der Waals surface area (Å²) in [5.74, 6) is 3.02. The number of fused-ring (bicyclic) bond motifs is 1. The van der Waals surface area contributed by atoms with Crippen molar-refractivity contribution >= 4 is 10.9 Å². The predicted octanol–water partition coefficient (Wildman–Crippen LogP) is 1.17. The molecule has 3 aromatic rings. The average molecular weight is 400 g/mol. The Morgan fingerprint density at radius 3 is 2.14 bits per heavy atom. The summed E-state index contributed by atoms with van der Waals surface area (Å²) < 4.78 is 21.2. The van der Waals surface area contributed by atoms with E-state index in [4.69, 9.17) is 18.9 Å². The number of ether oxygens (including phenoxy) is 4. The molecule has 0 aliphatic heterocycles. The van der Waals surface area contributed by atoms with E-state index in [2.05, 4.69) is 9.97 Å². The lowest BCUT2D eigenvalue weighted by atomic mass is 10.2. The first-order valence-corrected chi connectivity index (χ1v) is 9.16. The summed E-state index contributed by atoms with van der Waals surface area (Å²) in [6.45, 7) is 1.28. The van der Waals surface area contributed by atoms with Gasteiger partial charge in [0.05, 0.1) is 46.4 Å². The van der Waals surface area contributed by atoms with Gasteiger partial charge in [0.2, 0.25) is 0 Å². The van der Waals surface area contributed by atoms with Gasteiger partial charge in [-0.25, -0.2) is 4.98 Å². The molecule has 2 N–H and O–H groups in total. The highest BCUT2D eigenvalue weighted by Gasteiger charge is 2.14. The Bertz CT molecular complexity index is 1060. The maximum absolute atomic E-state index is 12.5. The number of hydrogen-bond acceptors (Lipinski definition) is 6. The van der Waals surface area contributed by atoms with Crippen LogP contribution in [0, 0.1) is 0 Å². The number of benzene rings is 2. The molecule has 3 rings (SSSR count). The fraction of sp³-hybridized carbons (Fsp3) is 0.333. The summed E-state index contributed by atoms with van der Waals surface area (Å²) >= 11 is 0. The standard InChI is InChI=1S/C21H25N3O5/c1-24(11-13-6-7-16(26-2)17(8-13)27-3)12-20-22-15-10-19(29-5)18(28-4)9-14(15)21(25)23-20/h6-10H,11-12H2,1-5H3,(H,22,23,25)/p+1. The predicted molar refractivity (Wildman–Crippen MR) is 109 cm³/mol. The number of aromatic nitrogens is 2. The number of methoxy groups -OCH3 is 4. The van der Waals surface area contributed by atoms with Crippen LogP contribution in [0.1, 0.15) is 11.4 Å². The Morgan fingerprint density at radius 1 is 0.862 bits per heavy atom. The van der Waals surface area contributed by atoms with Crippen molar-refractivity contribution < 1.29 is 23.8 Å². The van der Waals surface area contributed by atoms with Crippen molar-refractivity contribution in [1.82, 2.24) is 9.97 Å².